The molecule has 0 unspecified atom stereocenters. The van der Waals surface area contributed by atoms with Crippen molar-refractivity contribution >= 4 is 61.1 Å². The SMILES string of the molecule is O=C(Nc1ccc(-n2ccc3cc(N4CCOCC4)c(F)cc3c2=O)cc1)NS(=O)(=O)c1ccc(Cl)s1. The Hall–Kier alpha value is -3.45. The lowest BCUT2D eigenvalue weighted by molar-refractivity contribution is 0.122. The highest BCUT2D eigenvalue weighted by Crippen LogP contribution is 2.27. The van der Waals surface area contributed by atoms with Gasteiger partial charge in [0.25, 0.3) is 15.6 Å². The average molecular weight is 563 g/mol. The zero-order chi connectivity index (χ0) is 26.2. The van der Waals surface area contributed by atoms with E-state index in [1.54, 1.807) is 30.5 Å². The first-order chi connectivity index (χ1) is 17.7. The molecule has 1 aliphatic rings. The second kappa shape index (κ2) is 10.1. The Balaban J connectivity index is 1.34. The average Bonchev–Trinajstić information content (AvgIpc) is 3.32. The van der Waals surface area contributed by atoms with Gasteiger partial charge in [0.2, 0.25) is 0 Å². The number of urea groups is 1. The summed E-state index contributed by atoms with van der Waals surface area (Å²) >= 11 is 6.59. The first kappa shape index (κ1) is 25.2. The Morgan fingerprint density at radius 2 is 1.78 bits per heavy atom. The lowest BCUT2D eigenvalue weighted by Crippen LogP contribution is -2.36. The molecule has 13 heteroatoms. The fourth-order valence-electron chi connectivity index (χ4n) is 3.98. The Bertz CT molecular complexity index is 1650. The van der Waals surface area contributed by atoms with Gasteiger partial charge >= 0.3 is 6.03 Å². The van der Waals surface area contributed by atoms with Crippen LogP contribution in [0.2, 0.25) is 4.34 Å². The maximum absolute atomic E-state index is 14.9. The molecule has 1 aliphatic heterocycles. The Morgan fingerprint density at radius 3 is 2.46 bits per heavy atom. The van der Waals surface area contributed by atoms with Crippen molar-refractivity contribution < 1.29 is 22.3 Å². The van der Waals surface area contributed by atoms with Gasteiger partial charge in [0, 0.05) is 30.7 Å². The number of fused-ring (bicyclic) bond motifs is 1. The highest BCUT2D eigenvalue weighted by Gasteiger charge is 2.20. The Morgan fingerprint density at radius 1 is 1.05 bits per heavy atom. The van der Waals surface area contributed by atoms with E-state index in [1.807, 2.05) is 9.62 Å². The minimum Gasteiger partial charge on any atom is -0.378 e. The first-order valence-electron chi connectivity index (χ1n) is 11.1. The summed E-state index contributed by atoms with van der Waals surface area (Å²) in [7, 11) is -4.06. The van der Waals surface area contributed by atoms with Crippen LogP contribution in [0.3, 0.4) is 0 Å². The highest BCUT2D eigenvalue weighted by atomic mass is 35.5. The number of carbonyl (C=O) groups excluding carboxylic acids is 1. The number of nitrogens with one attached hydrogen (secondary N) is 2. The molecule has 192 valence electrons. The molecule has 0 aliphatic carbocycles. The van der Waals surface area contributed by atoms with Crippen LogP contribution >= 0.6 is 22.9 Å². The van der Waals surface area contributed by atoms with Crippen molar-refractivity contribution in [3.05, 3.63) is 81.3 Å². The number of ether oxygens (including phenoxy) is 1. The van der Waals surface area contributed by atoms with E-state index >= 15 is 0 Å². The topological polar surface area (TPSA) is 110 Å². The standard InChI is InChI=1S/C24H20ClFN4O5S2/c25-21-5-6-22(36-21)37(33,34)28-24(32)27-16-1-3-17(4-2-16)30-8-7-15-13-20(29-9-11-35-12-10-29)19(26)14-18(15)23(30)31/h1-8,13-14H,9-12H2,(H2,27,28,32). The van der Waals surface area contributed by atoms with Crippen molar-refractivity contribution in [1.82, 2.24) is 9.29 Å². The third-order valence-electron chi connectivity index (χ3n) is 5.77. The summed E-state index contributed by atoms with van der Waals surface area (Å²) in [5.41, 5.74) is 0.821. The van der Waals surface area contributed by atoms with Gasteiger partial charge in [0.1, 0.15) is 10.0 Å². The van der Waals surface area contributed by atoms with Crippen molar-refractivity contribution in [2.75, 3.05) is 36.5 Å². The van der Waals surface area contributed by atoms with E-state index in [9.17, 15) is 22.4 Å². The maximum atomic E-state index is 14.9. The molecule has 37 heavy (non-hydrogen) atoms. The van der Waals surface area contributed by atoms with E-state index in [0.717, 1.165) is 11.3 Å². The number of carbonyl (C=O) groups is 1. The number of anilines is 2. The van der Waals surface area contributed by atoms with Crippen LogP contribution in [-0.2, 0) is 14.8 Å². The minimum atomic E-state index is -4.06. The van der Waals surface area contributed by atoms with E-state index in [0.29, 0.717) is 48.8 Å². The fourth-order valence-corrected chi connectivity index (χ4v) is 6.37. The second-order valence-corrected chi connectivity index (χ2v) is 11.8. The normalized spacial score (nSPS) is 14.1. The predicted molar refractivity (Wildman–Crippen MR) is 141 cm³/mol. The van der Waals surface area contributed by atoms with E-state index < -0.39 is 27.4 Å². The molecule has 0 saturated carbocycles. The van der Waals surface area contributed by atoms with Crippen molar-refractivity contribution in [2.45, 2.75) is 4.21 Å². The van der Waals surface area contributed by atoms with Crippen LogP contribution in [-0.4, -0.2) is 45.3 Å². The Labute approximate surface area is 220 Å². The van der Waals surface area contributed by atoms with Crippen LogP contribution in [0.15, 0.2) is 69.8 Å². The van der Waals surface area contributed by atoms with Crippen LogP contribution in [0.4, 0.5) is 20.6 Å². The number of rotatable bonds is 5. The van der Waals surface area contributed by atoms with Gasteiger partial charge in [0.15, 0.2) is 0 Å². The molecule has 2 amide bonds. The molecule has 0 radical (unpaired) electrons. The molecule has 1 fully saturated rings. The number of aromatic nitrogens is 1. The molecule has 0 spiro atoms. The summed E-state index contributed by atoms with van der Waals surface area (Å²) in [5, 5.41) is 3.29. The summed E-state index contributed by atoms with van der Waals surface area (Å²) in [6, 6.07) is 12.6. The molecule has 5 rings (SSSR count). The molecule has 0 atom stereocenters. The predicted octanol–water partition coefficient (Wildman–Crippen LogP) is 4.19. The molecule has 2 aromatic heterocycles. The van der Waals surface area contributed by atoms with Crippen molar-refractivity contribution in [1.29, 1.82) is 0 Å². The van der Waals surface area contributed by atoms with Gasteiger partial charge in [0.05, 0.1) is 28.6 Å². The van der Waals surface area contributed by atoms with E-state index in [2.05, 4.69) is 5.32 Å². The number of nitrogens with zero attached hydrogens (tertiary/aromatic N) is 2. The number of sulfonamides is 1. The zero-order valence-electron chi connectivity index (χ0n) is 19.1. The number of hydrogen-bond acceptors (Lipinski definition) is 7. The lowest BCUT2D eigenvalue weighted by Gasteiger charge is -2.29. The molecular formula is C24H20ClFN4O5S2. The highest BCUT2D eigenvalue weighted by molar-refractivity contribution is 7.92. The molecule has 9 nitrogen and oxygen atoms in total. The van der Waals surface area contributed by atoms with Crippen molar-refractivity contribution in [3.63, 3.8) is 0 Å². The molecule has 2 aromatic carbocycles. The van der Waals surface area contributed by atoms with E-state index in [-0.39, 0.29) is 13.9 Å². The third-order valence-corrected chi connectivity index (χ3v) is 8.82. The molecule has 2 N–H and O–H groups in total. The summed E-state index contributed by atoms with van der Waals surface area (Å²) < 4.78 is 48.2. The molecule has 1 saturated heterocycles. The summed E-state index contributed by atoms with van der Waals surface area (Å²) in [4.78, 5) is 27.2. The molecule has 0 bridgehead atoms. The molecule has 3 heterocycles. The minimum absolute atomic E-state index is 0.0906. The van der Waals surface area contributed by atoms with E-state index in [1.165, 1.54) is 34.9 Å². The van der Waals surface area contributed by atoms with Gasteiger partial charge in [-0.1, -0.05) is 11.6 Å². The van der Waals surface area contributed by atoms with Gasteiger partial charge in [-0.05, 0) is 60.0 Å². The van der Waals surface area contributed by atoms with Gasteiger partial charge in [-0.15, -0.1) is 11.3 Å². The molecular weight excluding hydrogens is 543 g/mol. The number of amides is 2. The third kappa shape index (κ3) is 5.32. The number of halogens is 2. The second-order valence-electron chi connectivity index (χ2n) is 8.15. The maximum Gasteiger partial charge on any atom is 0.333 e. The number of hydrogen-bond donors (Lipinski definition) is 2. The van der Waals surface area contributed by atoms with Gasteiger partial charge in [-0.25, -0.2) is 22.3 Å². The van der Waals surface area contributed by atoms with Crippen molar-refractivity contribution in [3.8, 4) is 5.69 Å². The Kier molecular flexibility index (Phi) is 6.90. The number of morpholine rings is 1. The van der Waals surface area contributed by atoms with E-state index in [4.69, 9.17) is 16.3 Å². The number of thiophene rings is 1. The van der Waals surface area contributed by atoms with Crippen LogP contribution in [0, 0.1) is 5.82 Å². The smallest absolute Gasteiger partial charge is 0.333 e. The van der Waals surface area contributed by atoms with Gasteiger partial charge < -0.3 is 15.0 Å². The fraction of sp³-hybridized carbons (Fsp3) is 0.167. The lowest BCUT2D eigenvalue weighted by atomic mass is 10.1. The van der Waals surface area contributed by atoms with Gasteiger partial charge in [-0.3, -0.25) is 9.36 Å². The largest absolute Gasteiger partial charge is 0.378 e. The number of pyridine rings is 1. The van der Waals surface area contributed by atoms with Crippen LogP contribution in [0.25, 0.3) is 16.5 Å². The first-order valence-corrected chi connectivity index (χ1v) is 13.8. The van der Waals surface area contributed by atoms with Crippen molar-refractivity contribution in [2.24, 2.45) is 0 Å². The number of benzene rings is 2. The molecule has 4 aromatic rings. The van der Waals surface area contributed by atoms with Crippen LogP contribution in [0.5, 0.6) is 0 Å². The van der Waals surface area contributed by atoms with Gasteiger partial charge in [-0.2, -0.15) is 0 Å². The quantitative estimate of drug-likeness (QED) is 0.377. The summed E-state index contributed by atoms with van der Waals surface area (Å²) in [5.74, 6) is -0.477. The van der Waals surface area contributed by atoms with Crippen LogP contribution < -0.4 is 20.5 Å². The monoisotopic (exact) mass is 562 g/mol. The summed E-state index contributed by atoms with van der Waals surface area (Å²) in [6.45, 7) is 2.19. The van der Waals surface area contributed by atoms with Crippen LogP contribution in [0.1, 0.15) is 0 Å². The summed E-state index contributed by atoms with van der Waals surface area (Å²) in [6.07, 6.45) is 1.60. The zero-order valence-corrected chi connectivity index (χ0v) is 21.5.